The summed E-state index contributed by atoms with van der Waals surface area (Å²) >= 11 is 0. The maximum atomic E-state index is 12.5. The molecule has 1 saturated carbocycles. The Morgan fingerprint density at radius 1 is 0.720 bits per heavy atom. The maximum absolute atomic E-state index is 12.5. The van der Waals surface area contributed by atoms with Crippen LogP contribution in [0.3, 0.4) is 0 Å². The molecule has 2 aromatic carbocycles. The van der Waals surface area contributed by atoms with Crippen LogP contribution in [0.4, 0.5) is 0 Å². The molecule has 124 valence electrons. The lowest BCUT2D eigenvalue weighted by Crippen LogP contribution is -2.46. The second kappa shape index (κ2) is 6.77. The zero-order valence-electron chi connectivity index (χ0n) is 13.6. The molecule has 4 heteroatoms. The first kappa shape index (κ1) is 16.7. The minimum atomic E-state index is -1.33. The Kier molecular flexibility index (Phi) is 4.52. The zero-order chi connectivity index (χ0) is 18.0. The van der Waals surface area contributed by atoms with Crippen LogP contribution in [-0.4, -0.2) is 23.1 Å². The molecular weight excluding hydrogens is 316 g/mol. The first-order valence-electron chi connectivity index (χ1n) is 7.95. The van der Waals surface area contributed by atoms with Gasteiger partial charge in [0, 0.05) is 0 Å². The first-order chi connectivity index (χ1) is 12.0. The lowest BCUT2D eigenvalue weighted by atomic mass is 9.74. The molecule has 0 atom stereocenters. The third kappa shape index (κ3) is 3.11. The van der Waals surface area contributed by atoms with Crippen molar-refractivity contribution in [3.8, 4) is 0 Å². The van der Waals surface area contributed by atoms with Gasteiger partial charge in [0.25, 0.3) is 0 Å². The van der Waals surface area contributed by atoms with E-state index in [1.54, 1.807) is 37.3 Å². The molecule has 25 heavy (non-hydrogen) atoms. The van der Waals surface area contributed by atoms with Crippen LogP contribution < -0.4 is 0 Å². The van der Waals surface area contributed by atoms with Gasteiger partial charge in [-0.15, -0.1) is 0 Å². The number of hydrogen-bond donors (Lipinski definition) is 0. The Morgan fingerprint density at radius 3 is 1.72 bits per heavy atom. The normalized spacial score (nSPS) is 21.6. The van der Waals surface area contributed by atoms with Crippen molar-refractivity contribution in [2.45, 2.75) is 12.8 Å². The van der Waals surface area contributed by atoms with Gasteiger partial charge in [-0.25, -0.2) is 0 Å². The van der Waals surface area contributed by atoms with E-state index in [0.29, 0.717) is 11.1 Å². The zero-order valence-corrected chi connectivity index (χ0v) is 13.6. The summed E-state index contributed by atoms with van der Waals surface area (Å²) in [5.41, 5.74) is 1.88. The minimum Gasteiger partial charge on any atom is -0.290 e. The van der Waals surface area contributed by atoms with E-state index >= 15 is 0 Å². The minimum absolute atomic E-state index is 0.376. The predicted octanol–water partition coefficient (Wildman–Crippen LogP) is 2.78. The molecule has 0 radical (unpaired) electrons. The first-order valence-corrected chi connectivity index (χ1v) is 7.95. The van der Waals surface area contributed by atoms with Crippen LogP contribution in [0.25, 0.3) is 5.57 Å². The van der Waals surface area contributed by atoms with E-state index < -0.39 is 35.0 Å². The largest absolute Gasteiger partial charge is 0.290 e. The summed E-state index contributed by atoms with van der Waals surface area (Å²) < 4.78 is 0. The average molecular weight is 332 g/mol. The third-order valence-corrected chi connectivity index (χ3v) is 4.35. The van der Waals surface area contributed by atoms with Gasteiger partial charge < -0.3 is 0 Å². The number of ketones is 4. The molecule has 1 fully saturated rings. The highest BCUT2D eigenvalue weighted by Crippen LogP contribution is 2.29. The molecule has 4 nitrogen and oxygen atoms in total. The van der Waals surface area contributed by atoms with Gasteiger partial charge in [-0.2, -0.15) is 0 Å². The fourth-order valence-electron chi connectivity index (χ4n) is 2.98. The maximum Gasteiger partial charge on any atom is 0.214 e. The van der Waals surface area contributed by atoms with Crippen LogP contribution in [0, 0.1) is 5.92 Å². The number of Topliss-reactive ketones (excluding diaryl/α,β-unsaturated/α-hetero) is 4. The van der Waals surface area contributed by atoms with E-state index in [-0.39, 0.29) is 0 Å². The summed E-state index contributed by atoms with van der Waals surface area (Å²) in [5.74, 6) is -5.94. The third-order valence-electron chi connectivity index (χ3n) is 4.35. The van der Waals surface area contributed by atoms with E-state index in [4.69, 9.17) is 0 Å². The number of carbonyl (C=O) groups is 4. The lowest BCUT2D eigenvalue weighted by molar-refractivity contribution is -0.151. The standard InChI is InChI=1S/C21H16O4/c1-13(14-8-4-2-5-9-14)12-16-18(22)20(24)17(21(25)19(16)23)15-10-6-3-7-11-15/h2-12,16-17H,1H3. The lowest BCUT2D eigenvalue weighted by Gasteiger charge is -2.23. The van der Waals surface area contributed by atoms with Crippen molar-refractivity contribution in [3.05, 3.63) is 77.9 Å². The fraction of sp³-hybridized carbons (Fsp3) is 0.143. The fourth-order valence-corrected chi connectivity index (χ4v) is 2.98. The van der Waals surface area contributed by atoms with Crippen molar-refractivity contribution in [3.63, 3.8) is 0 Å². The molecule has 0 aromatic heterocycles. The highest BCUT2D eigenvalue weighted by molar-refractivity contribution is 6.62. The van der Waals surface area contributed by atoms with E-state index in [0.717, 1.165) is 5.56 Å². The monoisotopic (exact) mass is 332 g/mol. The van der Waals surface area contributed by atoms with Crippen LogP contribution in [0.2, 0.25) is 0 Å². The Morgan fingerprint density at radius 2 is 1.20 bits per heavy atom. The summed E-state index contributed by atoms with van der Waals surface area (Å²) in [5, 5.41) is 0. The molecule has 0 unspecified atom stereocenters. The molecule has 0 saturated heterocycles. The van der Waals surface area contributed by atoms with E-state index in [9.17, 15) is 19.2 Å². The number of carbonyl (C=O) groups excluding carboxylic acids is 4. The molecule has 0 heterocycles. The molecular formula is C21H16O4. The van der Waals surface area contributed by atoms with E-state index in [1.807, 2.05) is 30.3 Å². The molecule has 0 spiro atoms. The van der Waals surface area contributed by atoms with Gasteiger partial charge in [0.05, 0.1) is 0 Å². The summed E-state index contributed by atoms with van der Waals surface area (Å²) in [6.45, 7) is 1.74. The second-order valence-electron chi connectivity index (χ2n) is 5.99. The molecule has 0 bridgehead atoms. The molecule has 0 aliphatic heterocycles. The SMILES string of the molecule is CC(=CC1C(=O)C(=O)C(c2ccccc2)C(=O)C1=O)c1ccccc1. The summed E-state index contributed by atoms with van der Waals surface area (Å²) in [4.78, 5) is 49.8. The van der Waals surface area contributed by atoms with Gasteiger partial charge in [-0.1, -0.05) is 66.7 Å². The van der Waals surface area contributed by atoms with Crippen LogP contribution in [0.1, 0.15) is 24.0 Å². The van der Waals surface area contributed by atoms with Crippen molar-refractivity contribution >= 4 is 28.7 Å². The molecule has 2 aromatic rings. The van der Waals surface area contributed by atoms with Crippen LogP contribution in [0.15, 0.2) is 66.7 Å². The van der Waals surface area contributed by atoms with Gasteiger partial charge in [0.15, 0.2) is 0 Å². The summed E-state index contributed by atoms with van der Waals surface area (Å²) in [6, 6.07) is 17.4. The van der Waals surface area contributed by atoms with Gasteiger partial charge in [0.1, 0.15) is 11.8 Å². The Hall–Kier alpha value is -3.14. The Bertz CT molecular complexity index is 851. The number of hydrogen-bond acceptors (Lipinski definition) is 4. The van der Waals surface area contributed by atoms with Gasteiger partial charge in [-0.05, 0) is 23.6 Å². The van der Waals surface area contributed by atoms with Gasteiger partial charge in [0.2, 0.25) is 23.1 Å². The van der Waals surface area contributed by atoms with Crippen molar-refractivity contribution in [1.82, 2.24) is 0 Å². The molecule has 0 amide bonds. The topological polar surface area (TPSA) is 68.3 Å². The van der Waals surface area contributed by atoms with Crippen molar-refractivity contribution in [2.24, 2.45) is 5.92 Å². The number of benzene rings is 2. The second-order valence-corrected chi connectivity index (χ2v) is 5.99. The van der Waals surface area contributed by atoms with Crippen molar-refractivity contribution in [1.29, 1.82) is 0 Å². The van der Waals surface area contributed by atoms with Crippen LogP contribution in [0.5, 0.6) is 0 Å². The molecule has 1 aliphatic rings. The Balaban J connectivity index is 1.95. The molecule has 0 N–H and O–H groups in total. The number of allylic oxidation sites excluding steroid dienone is 2. The summed E-state index contributed by atoms with van der Waals surface area (Å²) in [6.07, 6.45) is 1.41. The molecule has 1 aliphatic carbocycles. The number of rotatable bonds is 3. The van der Waals surface area contributed by atoms with Crippen molar-refractivity contribution in [2.75, 3.05) is 0 Å². The molecule has 3 rings (SSSR count). The van der Waals surface area contributed by atoms with E-state index in [1.165, 1.54) is 6.08 Å². The smallest absolute Gasteiger partial charge is 0.214 e. The quantitative estimate of drug-likeness (QED) is 0.640. The van der Waals surface area contributed by atoms with Crippen molar-refractivity contribution < 1.29 is 19.2 Å². The van der Waals surface area contributed by atoms with Gasteiger partial charge >= 0.3 is 0 Å². The van der Waals surface area contributed by atoms with Gasteiger partial charge in [-0.3, -0.25) is 19.2 Å². The highest BCUT2D eigenvalue weighted by atomic mass is 16.2. The highest BCUT2D eigenvalue weighted by Gasteiger charge is 2.48. The van der Waals surface area contributed by atoms with Crippen LogP contribution in [-0.2, 0) is 19.2 Å². The summed E-state index contributed by atoms with van der Waals surface area (Å²) in [7, 11) is 0. The average Bonchev–Trinajstić information content (AvgIpc) is 2.65. The van der Waals surface area contributed by atoms with Crippen LogP contribution >= 0.6 is 0 Å². The van der Waals surface area contributed by atoms with E-state index in [2.05, 4.69) is 0 Å². The Labute approximate surface area is 145 Å². The predicted molar refractivity (Wildman–Crippen MR) is 92.8 cm³/mol.